The molecule has 0 fully saturated rings. The average Bonchev–Trinajstić information content (AvgIpc) is 2.04. The van der Waals surface area contributed by atoms with E-state index in [1.165, 1.54) is 6.92 Å². The molecule has 0 aliphatic carbocycles. The molecule has 0 radical (unpaired) electrons. The second-order valence-corrected chi connectivity index (χ2v) is 2.61. The highest BCUT2D eigenvalue weighted by atomic mass is 16.5. The van der Waals surface area contributed by atoms with Crippen molar-refractivity contribution in [1.82, 2.24) is 0 Å². The molecule has 0 amide bonds. The van der Waals surface area contributed by atoms with E-state index in [9.17, 15) is 0 Å². The molecule has 0 aliphatic rings. The molecule has 0 heterocycles. The van der Waals surface area contributed by atoms with Crippen LogP contribution >= 0.6 is 0 Å². The number of ether oxygens (including phenoxy) is 1. The van der Waals surface area contributed by atoms with E-state index in [-0.39, 0.29) is 11.8 Å². The number of hydrogen-bond acceptors (Lipinski definition) is 4. The zero-order chi connectivity index (χ0) is 9.84. The molecule has 0 bridgehead atoms. The molecule has 4 heteroatoms. The van der Waals surface area contributed by atoms with Crippen LogP contribution in [-0.2, 0) is 4.74 Å². The zero-order valence-corrected chi connectivity index (χ0v) is 7.29. The summed E-state index contributed by atoms with van der Waals surface area (Å²) in [5, 5.41) is 14.5. The van der Waals surface area contributed by atoms with E-state index in [1.54, 1.807) is 24.3 Å². The van der Waals surface area contributed by atoms with E-state index in [2.05, 4.69) is 0 Å². The van der Waals surface area contributed by atoms with Crippen LogP contribution in [0.4, 0.5) is 5.69 Å². The van der Waals surface area contributed by atoms with Crippen LogP contribution < -0.4 is 5.73 Å². The molecule has 4 nitrogen and oxygen atoms in total. The van der Waals surface area contributed by atoms with Crippen molar-refractivity contribution in [3.63, 3.8) is 0 Å². The standard InChI is InChI=1S/C9H11N3O/c1-6(10)13-9(12)7-2-4-8(11)5-3-7/h2-5,10,12H,11H2,1H3. The zero-order valence-electron chi connectivity index (χ0n) is 7.29. The third kappa shape index (κ3) is 2.59. The molecule has 68 valence electrons. The molecule has 0 unspecified atom stereocenters. The van der Waals surface area contributed by atoms with Gasteiger partial charge in [-0.2, -0.15) is 0 Å². The van der Waals surface area contributed by atoms with Gasteiger partial charge in [0.2, 0.25) is 5.90 Å². The van der Waals surface area contributed by atoms with Gasteiger partial charge in [0.05, 0.1) is 0 Å². The van der Waals surface area contributed by atoms with Gasteiger partial charge in [-0.05, 0) is 24.3 Å². The third-order valence-electron chi connectivity index (χ3n) is 1.43. The Morgan fingerprint density at radius 3 is 2.23 bits per heavy atom. The Morgan fingerprint density at radius 2 is 1.77 bits per heavy atom. The minimum atomic E-state index is -0.0347. The number of nitrogens with two attached hydrogens (primary N) is 1. The van der Waals surface area contributed by atoms with Gasteiger partial charge in [0.25, 0.3) is 0 Å². The first-order valence-electron chi connectivity index (χ1n) is 3.77. The van der Waals surface area contributed by atoms with Crippen molar-refractivity contribution >= 4 is 17.5 Å². The summed E-state index contributed by atoms with van der Waals surface area (Å²) in [6.45, 7) is 1.48. The highest BCUT2D eigenvalue weighted by molar-refractivity contribution is 5.98. The highest BCUT2D eigenvalue weighted by Gasteiger charge is 2.02. The van der Waals surface area contributed by atoms with E-state index in [4.69, 9.17) is 21.3 Å². The first-order valence-corrected chi connectivity index (χ1v) is 3.77. The van der Waals surface area contributed by atoms with Gasteiger partial charge >= 0.3 is 0 Å². The van der Waals surface area contributed by atoms with Crippen LogP contribution in [0, 0.1) is 10.8 Å². The molecule has 0 spiro atoms. The predicted octanol–water partition coefficient (Wildman–Crippen LogP) is 1.61. The van der Waals surface area contributed by atoms with Crippen molar-refractivity contribution < 1.29 is 4.74 Å². The second-order valence-electron chi connectivity index (χ2n) is 2.61. The van der Waals surface area contributed by atoms with Crippen LogP contribution in [-0.4, -0.2) is 11.8 Å². The molecule has 1 aromatic rings. The van der Waals surface area contributed by atoms with Crippen molar-refractivity contribution in [2.45, 2.75) is 6.92 Å². The molecule has 1 rings (SSSR count). The normalized spacial score (nSPS) is 9.31. The molecule has 4 N–H and O–H groups in total. The molecule has 0 saturated heterocycles. The van der Waals surface area contributed by atoms with Gasteiger partial charge in [0.1, 0.15) is 0 Å². The van der Waals surface area contributed by atoms with Gasteiger partial charge < -0.3 is 10.5 Å². The van der Waals surface area contributed by atoms with E-state index in [0.29, 0.717) is 11.3 Å². The maximum Gasteiger partial charge on any atom is 0.220 e. The number of hydrogen-bond donors (Lipinski definition) is 3. The molecule has 0 aliphatic heterocycles. The van der Waals surface area contributed by atoms with E-state index < -0.39 is 0 Å². The minimum absolute atomic E-state index is 0.00169. The number of nitrogen functional groups attached to an aromatic ring is 1. The van der Waals surface area contributed by atoms with Crippen molar-refractivity contribution in [3.8, 4) is 0 Å². The SMILES string of the molecule is CC(=N)OC(=N)c1ccc(N)cc1. The third-order valence-corrected chi connectivity index (χ3v) is 1.43. The van der Waals surface area contributed by atoms with E-state index in [0.717, 1.165) is 0 Å². The summed E-state index contributed by atoms with van der Waals surface area (Å²) >= 11 is 0. The minimum Gasteiger partial charge on any atom is -0.426 e. The molecule has 0 atom stereocenters. The number of anilines is 1. The summed E-state index contributed by atoms with van der Waals surface area (Å²) in [6.07, 6.45) is 0. The van der Waals surface area contributed by atoms with Crippen LogP contribution in [0.2, 0.25) is 0 Å². The average molecular weight is 177 g/mol. The summed E-state index contributed by atoms with van der Waals surface area (Å²) in [4.78, 5) is 0. The Hall–Kier alpha value is -1.84. The number of benzene rings is 1. The van der Waals surface area contributed by atoms with Gasteiger partial charge in [0, 0.05) is 18.2 Å². The Morgan fingerprint density at radius 1 is 1.23 bits per heavy atom. The fourth-order valence-electron chi connectivity index (χ4n) is 0.847. The summed E-state index contributed by atoms with van der Waals surface area (Å²) < 4.78 is 4.80. The van der Waals surface area contributed by atoms with Crippen LogP contribution in [0.1, 0.15) is 12.5 Å². The summed E-state index contributed by atoms with van der Waals surface area (Å²) in [5.74, 6) is -0.0330. The van der Waals surface area contributed by atoms with Crippen LogP contribution in [0.3, 0.4) is 0 Å². The molecule has 13 heavy (non-hydrogen) atoms. The highest BCUT2D eigenvalue weighted by Crippen LogP contribution is 2.06. The van der Waals surface area contributed by atoms with Crippen molar-refractivity contribution in [3.05, 3.63) is 29.8 Å². The lowest BCUT2D eigenvalue weighted by molar-refractivity contribution is 0.532. The van der Waals surface area contributed by atoms with Crippen molar-refractivity contribution in [2.24, 2.45) is 0 Å². The van der Waals surface area contributed by atoms with Gasteiger partial charge in [0.15, 0.2) is 5.90 Å². The summed E-state index contributed by atoms with van der Waals surface area (Å²) in [6, 6.07) is 6.74. The van der Waals surface area contributed by atoms with Gasteiger partial charge in [-0.3, -0.25) is 10.8 Å². The Balaban J connectivity index is 2.78. The Bertz CT molecular complexity index is 329. The van der Waals surface area contributed by atoms with Crippen molar-refractivity contribution in [2.75, 3.05) is 5.73 Å². The first kappa shape index (κ1) is 9.25. The summed E-state index contributed by atoms with van der Waals surface area (Å²) in [7, 11) is 0. The van der Waals surface area contributed by atoms with Crippen molar-refractivity contribution in [1.29, 1.82) is 10.8 Å². The molecule has 0 saturated carbocycles. The number of rotatable bonds is 1. The molecular weight excluding hydrogens is 166 g/mol. The topological polar surface area (TPSA) is 83.0 Å². The Labute approximate surface area is 76.4 Å². The van der Waals surface area contributed by atoms with Gasteiger partial charge in [-0.25, -0.2) is 0 Å². The van der Waals surface area contributed by atoms with E-state index in [1.807, 2.05) is 0 Å². The quantitative estimate of drug-likeness (QED) is 0.346. The van der Waals surface area contributed by atoms with E-state index >= 15 is 0 Å². The predicted molar refractivity (Wildman–Crippen MR) is 52.2 cm³/mol. The fourth-order valence-corrected chi connectivity index (χ4v) is 0.847. The summed E-state index contributed by atoms with van der Waals surface area (Å²) in [5.41, 5.74) is 6.73. The second kappa shape index (κ2) is 3.71. The first-order chi connectivity index (χ1) is 6.09. The maximum atomic E-state index is 7.43. The fraction of sp³-hybridized carbons (Fsp3) is 0.111. The molecule has 1 aromatic carbocycles. The van der Waals surface area contributed by atoms with Crippen LogP contribution in [0.15, 0.2) is 24.3 Å². The van der Waals surface area contributed by atoms with Crippen LogP contribution in [0.25, 0.3) is 0 Å². The lowest BCUT2D eigenvalue weighted by atomic mass is 10.2. The lowest BCUT2D eigenvalue weighted by Gasteiger charge is -2.04. The lowest BCUT2D eigenvalue weighted by Crippen LogP contribution is -2.08. The molecular formula is C9H11N3O. The van der Waals surface area contributed by atoms with Gasteiger partial charge in [-0.1, -0.05) is 0 Å². The van der Waals surface area contributed by atoms with Gasteiger partial charge in [-0.15, -0.1) is 0 Å². The number of nitrogens with one attached hydrogen (secondary N) is 2. The maximum absolute atomic E-state index is 7.43. The smallest absolute Gasteiger partial charge is 0.220 e. The molecule has 0 aromatic heterocycles. The largest absolute Gasteiger partial charge is 0.426 e. The van der Waals surface area contributed by atoms with Crippen LogP contribution in [0.5, 0.6) is 0 Å². The monoisotopic (exact) mass is 177 g/mol. The Kier molecular flexibility index (Phi) is 2.64.